The number of hydrogen-bond acceptors (Lipinski definition) is 6. The van der Waals surface area contributed by atoms with Gasteiger partial charge < -0.3 is 20.2 Å². The molecule has 0 unspecified atom stereocenters. The molecule has 2 N–H and O–H groups in total. The summed E-state index contributed by atoms with van der Waals surface area (Å²) in [5, 5.41) is 12.3. The fourth-order valence-corrected chi connectivity index (χ4v) is 1.71. The van der Waals surface area contributed by atoms with Crippen molar-refractivity contribution in [3.05, 3.63) is 11.9 Å². The quantitative estimate of drug-likeness (QED) is 0.672. The zero-order valence-electron chi connectivity index (χ0n) is 12.3. The van der Waals surface area contributed by atoms with Gasteiger partial charge in [-0.2, -0.15) is 0 Å². The molecular weight excluding hydrogens is 242 g/mol. The van der Waals surface area contributed by atoms with Crippen molar-refractivity contribution in [3.63, 3.8) is 0 Å². The molecule has 0 aliphatic carbocycles. The summed E-state index contributed by atoms with van der Waals surface area (Å²) >= 11 is 0. The van der Waals surface area contributed by atoms with Gasteiger partial charge in [0.2, 0.25) is 0 Å². The summed E-state index contributed by atoms with van der Waals surface area (Å²) < 4.78 is 0. The van der Waals surface area contributed by atoms with Crippen molar-refractivity contribution in [2.24, 2.45) is 0 Å². The zero-order valence-corrected chi connectivity index (χ0v) is 12.3. The van der Waals surface area contributed by atoms with E-state index in [1.165, 1.54) is 0 Å². The maximum Gasteiger partial charge on any atom is 0.134 e. The first-order valence-electron chi connectivity index (χ1n) is 6.59. The van der Waals surface area contributed by atoms with Crippen molar-refractivity contribution in [1.82, 2.24) is 14.9 Å². The second-order valence-corrected chi connectivity index (χ2v) is 4.89. The van der Waals surface area contributed by atoms with E-state index in [9.17, 15) is 0 Å². The number of aliphatic hydroxyl groups is 1. The molecule has 0 saturated heterocycles. The van der Waals surface area contributed by atoms with Crippen LogP contribution in [0.25, 0.3) is 0 Å². The topological polar surface area (TPSA) is 64.5 Å². The van der Waals surface area contributed by atoms with Crippen LogP contribution >= 0.6 is 0 Å². The summed E-state index contributed by atoms with van der Waals surface area (Å²) in [6.45, 7) is 4.50. The number of nitrogens with one attached hydrogen (secondary N) is 1. The molecule has 0 bridgehead atoms. The zero-order chi connectivity index (χ0) is 14.3. The maximum absolute atomic E-state index is 8.96. The van der Waals surface area contributed by atoms with Crippen molar-refractivity contribution in [2.75, 3.05) is 57.6 Å². The van der Waals surface area contributed by atoms with Gasteiger partial charge >= 0.3 is 0 Å². The Balaban J connectivity index is 2.58. The Labute approximate surface area is 115 Å². The molecule has 1 aromatic heterocycles. The Morgan fingerprint density at radius 3 is 2.58 bits per heavy atom. The molecule has 0 aliphatic heterocycles. The van der Waals surface area contributed by atoms with Gasteiger partial charge in [0.15, 0.2) is 0 Å². The number of aliphatic hydroxyl groups excluding tert-OH is 1. The minimum Gasteiger partial charge on any atom is -0.395 e. The van der Waals surface area contributed by atoms with Crippen LogP contribution in [0.1, 0.15) is 12.2 Å². The lowest BCUT2D eigenvalue weighted by molar-refractivity contribution is 0.304. The first-order chi connectivity index (χ1) is 9.02. The van der Waals surface area contributed by atoms with E-state index < -0.39 is 0 Å². The number of aromatic nitrogens is 2. The molecule has 1 rings (SSSR count). The monoisotopic (exact) mass is 267 g/mol. The lowest BCUT2D eigenvalue weighted by atomic mass is 10.4. The number of rotatable bonds is 8. The highest BCUT2D eigenvalue weighted by molar-refractivity contribution is 5.48. The molecule has 0 atom stereocenters. The van der Waals surface area contributed by atoms with E-state index in [0.29, 0.717) is 6.54 Å². The molecule has 19 heavy (non-hydrogen) atoms. The Morgan fingerprint density at radius 1 is 1.21 bits per heavy atom. The summed E-state index contributed by atoms with van der Waals surface area (Å²) in [5.74, 6) is 2.40. The lowest BCUT2D eigenvalue weighted by Crippen LogP contribution is -2.23. The van der Waals surface area contributed by atoms with Crippen LogP contribution in [0.5, 0.6) is 0 Å². The van der Waals surface area contributed by atoms with Crippen LogP contribution < -0.4 is 10.2 Å². The summed E-state index contributed by atoms with van der Waals surface area (Å²) in [5.41, 5.74) is 0. The molecule has 108 valence electrons. The highest BCUT2D eigenvalue weighted by Gasteiger charge is 2.06. The largest absolute Gasteiger partial charge is 0.395 e. The van der Waals surface area contributed by atoms with Crippen molar-refractivity contribution >= 4 is 11.6 Å². The second-order valence-electron chi connectivity index (χ2n) is 4.89. The third kappa shape index (κ3) is 5.85. The fourth-order valence-electron chi connectivity index (χ4n) is 1.71. The van der Waals surface area contributed by atoms with E-state index in [-0.39, 0.29) is 6.61 Å². The van der Waals surface area contributed by atoms with Crippen LogP contribution in [0.2, 0.25) is 0 Å². The van der Waals surface area contributed by atoms with Crippen LogP contribution in [0.3, 0.4) is 0 Å². The average molecular weight is 267 g/mol. The van der Waals surface area contributed by atoms with Crippen molar-refractivity contribution in [3.8, 4) is 0 Å². The summed E-state index contributed by atoms with van der Waals surface area (Å²) in [6.07, 6.45) is 1.07. The van der Waals surface area contributed by atoms with Crippen molar-refractivity contribution < 1.29 is 5.11 Å². The van der Waals surface area contributed by atoms with Gasteiger partial charge in [-0.1, -0.05) is 0 Å². The standard InChI is InChI=1S/C13H25N5O/c1-11-15-12(14-6-5-7-17(2)3)10-13(16-11)18(4)8-9-19/h10,19H,5-9H2,1-4H3,(H,14,15,16). The molecule has 6 heteroatoms. The number of nitrogens with zero attached hydrogens (tertiary/aromatic N) is 4. The fraction of sp³-hybridized carbons (Fsp3) is 0.692. The van der Waals surface area contributed by atoms with Crippen LogP contribution in [0.15, 0.2) is 6.07 Å². The SMILES string of the molecule is Cc1nc(NCCCN(C)C)cc(N(C)CCO)n1. The predicted octanol–water partition coefficient (Wildman–Crippen LogP) is 0.577. The van der Waals surface area contributed by atoms with Crippen LogP contribution in [-0.4, -0.2) is 67.4 Å². The first kappa shape index (κ1) is 15.7. The molecule has 0 aliphatic rings. The molecule has 0 aromatic carbocycles. The Kier molecular flexibility index (Phi) is 6.52. The Bertz CT molecular complexity index is 383. The minimum absolute atomic E-state index is 0.116. The van der Waals surface area contributed by atoms with Crippen LogP contribution in [0, 0.1) is 6.92 Å². The molecule has 1 aromatic rings. The molecule has 0 fully saturated rings. The molecular formula is C13H25N5O. The van der Waals surface area contributed by atoms with Gasteiger partial charge in [-0.05, 0) is 34.0 Å². The Morgan fingerprint density at radius 2 is 1.95 bits per heavy atom. The molecule has 0 amide bonds. The van der Waals surface area contributed by atoms with Gasteiger partial charge in [0.25, 0.3) is 0 Å². The molecule has 0 saturated carbocycles. The summed E-state index contributed by atoms with van der Waals surface area (Å²) in [4.78, 5) is 12.8. The Hall–Kier alpha value is -1.40. The number of anilines is 2. The molecule has 6 nitrogen and oxygen atoms in total. The van der Waals surface area contributed by atoms with Gasteiger partial charge in [-0.3, -0.25) is 0 Å². The normalized spacial score (nSPS) is 10.8. The van der Waals surface area contributed by atoms with E-state index in [4.69, 9.17) is 5.11 Å². The van der Waals surface area contributed by atoms with Crippen molar-refractivity contribution in [1.29, 1.82) is 0 Å². The number of hydrogen-bond donors (Lipinski definition) is 2. The third-order valence-corrected chi connectivity index (χ3v) is 2.74. The van der Waals surface area contributed by atoms with E-state index >= 15 is 0 Å². The van der Waals surface area contributed by atoms with Gasteiger partial charge in [0, 0.05) is 26.2 Å². The van der Waals surface area contributed by atoms with Gasteiger partial charge in [-0.15, -0.1) is 0 Å². The smallest absolute Gasteiger partial charge is 0.134 e. The third-order valence-electron chi connectivity index (χ3n) is 2.74. The minimum atomic E-state index is 0.116. The van der Waals surface area contributed by atoms with Gasteiger partial charge in [0.1, 0.15) is 17.5 Å². The van der Waals surface area contributed by atoms with E-state index in [0.717, 1.165) is 37.0 Å². The highest BCUT2D eigenvalue weighted by Crippen LogP contribution is 2.14. The maximum atomic E-state index is 8.96. The summed E-state index contributed by atoms with van der Waals surface area (Å²) in [7, 11) is 6.04. The number of aryl methyl sites for hydroxylation is 1. The highest BCUT2D eigenvalue weighted by atomic mass is 16.3. The predicted molar refractivity (Wildman–Crippen MR) is 78.8 cm³/mol. The molecule has 0 radical (unpaired) electrons. The van der Waals surface area contributed by atoms with Crippen LogP contribution in [0.4, 0.5) is 11.6 Å². The average Bonchev–Trinajstić information content (AvgIpc) is 2.34. The number of likely N-dealkylation sites (N-methyl/N-ethyl adjacent to an activating group) is 1. The first-order valence-corrected chi connectivity index (χ1v) is 6.59. The van der Waals surface area contributed by atoms with E-state index in [1.807, 2.05) is 24.9 Å². The molecule has 0 spiro atoms. The van der Waals surface area contributed by atoms with E-state index in [1.54, 1.807) is 0 Å². The van der Waals surface area contributed by atoms with Gasteiger partial charge in [-0.25, -0.2) is 9.97 Å². The van der Waals surface area contributed by atoms with Crippen LogP contribution in [-0.2, 0) is 0 Å². The second kappa shape index (κ2) is 7.91. The van der Waals surface area contributed by atoms with E-state index in [2.05, 4.69) is 34.3 Å². The lowest BCUT2D eigenvalue weighted by Gasteiger charge is -2.18. The summed E-state index contributed by atoms with van der Waals surface area (Å²) in [6, 6.07) is 1.92. The van der Waals surface area contributed by atoms with Crippen molar-refractivity contribution in [2.45, 2.75) is 13.3 Å². The van der Waals surface area contributed by atoms with Gasteiger partial charge in [0.05, 0.1) is 6.61 Å². The molecule has 1 heterocycles.